The standard InChI is InChI=1S/C23H34N2S/c1-3-5-7-8-9-10-11-13-20-17-24-23(25-18-20)21-15-14-19(12-6-4-2)16-22(21)26/h14-18,26H,3-13H2,1-2H3. The summed E-state index contributed by atoms with van der Waals surface area (Å²) in [4.78, 5) is 10.1. The van der Waals surface area contributed by atoms with Crippen molar-refractivity contribution in [1.29, 1.82) is 0 Å². The molecule has 2 aromatic rings. The summed E-state index contributed by atoms with van der Waals surface area (Å²) in [5, 5.41) is 0. The van der Waals surface area contributed by atoms with Crippen molar-refractivity contribution in [3.05, 3.63) is 41.7 Å². The van der Waals surface area contributed by atoms with Gasteiger partial charge in [0.2, 0.25) is 0 Å². The second kappa shape index (κ2) is 12.1. The zero-order chi connectivity index (χ0) is 18.6. The van der Waals surface area contributed by atoms with Crippen molar-refractivity contribution in [2.75, 3.05) is 0 Å². The van der Waals surface area contributed by atoms with E-state index in [-0.39, 0.29) is 0 Å². The van der Waals surface area contributed by atoms with Gasteiger partial charge in [-0.1, -0.05) is 64.9 Å². The Bertz CT molecular complexity index is 637. The van der Waals surface area contributed by atoms with Crippen LogP contribution in [-0.2, 0) is 12.8 Å². The number of aryl methyl sites for hydroxylation is 2. The first-order valence-electron chi connectivity index (χ1n) is 10.4. The van der Waals surface area contributed by atoms with E-state index < -0.39 is 0 Å². The molecule has 26 heavy (non-hydrogen) atoms. The smallest absolute Gasteiger partial charge is 0.160 e. The first-order valence-corrected chi connectivity index (χ1v) is 10.8. The van der Waals surface area contributed by atoms with Gasteiger partial charge >= 0.3 is 0 Å². The Labute approximate surface area is 165 Å². The summed E-state index contributed by atoms with van der Waals surface area (Å²) in [6, 6.07) is 6.45. The van der Waals surface area contributed by atoms with E-state index in [2.05, 4.69) is 54.6 Å². The van der Waals surface area contributed by atoms with Crippen LogP contribution in [-0.4, -0.2) is 9.97 Å². The number of aromatic nitrogens is 2. The second-order valence-corrected chi connectivity index (χ2v) is 7.72. The first kappa shape index (κ1) is 21.0. The van der Waals surface area contributed by atoms with E-state index in [9.17, 15) is 0 Å². The quantitative estimate of drug-likeness (QED) is 0.319. The highest BCUT2D eigenvalue weighted by atomic mass is 32.1. The van der Waals surface area contributed by atoms with Crippen LogP contribution in [0, 0.1) is 0 Å². The monoisotopic (exact) mass is 370 g/mol. The minimum Gasteiger partial charge on any atom is -0.236 e. The third-order valence-corrected chi connectivity index (χ3v) is 5.27. The van der Waals surface area contributed by atoms with Crippen LogP contribution in [0.2, 0.25) is 0 Å². The molecule has 0 aliphatic rings. The lowest BCUT2D eigenvalue weighted by atomic mass is 10.1. The maximum Gasteiger partial charge on any atom is 0.160 e. The van der Waals surface area contributed by atoms with Crippen LogP contribution >= 0.6 is 12.6 Å². The lowest BCUT2D eigenvalue weighted by Crippen LogP contribution is -1.95. The Morgan fingerprint density at radius 3 is 2.00 bits per heavy atom. The molecule has 1 aromatic carbocycles. The van der Waals surface area contributed by atoms with Gasteiger partial charge in [0, 0.05) is 22.9 Å². The summed E-state index contributed by atoms with van der Waals surface area (Å²) in [5.74, 6) is 0.778. The molecule has 142 valence electrons. The van der Waals surface area contributed by atoms with Gasteiger partial charge in [-0.2, -0.15) is 0 Å². The van der Waals surface area contributed by atoms with Crippen LogP contribution in [0.5, 0.6) is 0 Å². The molecule has 0 atom stereocenters. The minimum atomic E-state index is 0.778. The van der Waals surface area contributed by atoms with Gasteiger partial charge in [-0.3, -0.25) is 0 Å². The van der Waals surface area contributed by atoms with Gasteiger partial charge in [-0.25, -0.2) is 9.97 Å². The maximum atomic E-state index is 4.65. The molecule has 0 bridgehead atoms. The molecule has 0 aliphatic heterocycles. The molecule has 0 saturated heterocycles. The highest BCUT2D eigenvalue weighted by Crippen LogP contribution is 2.25. The van der Waals surface area contributed by atoms with Crippen LogP contribution in [0.1, 0.15) is 82.8 Å². The molecule has 0 aliphatic carbocycles. The Morgan fingerprint density at radius 1 is 0.731 bits per heavy atom. The summed E-state index contributed by atoms with van der Waals surface area (Å²) in [6.07, 6.45) is 18.0. The van der Waals surface area contributed by atoms with Gasteiger partial charge in [-0.15, -0.1) is 12.6 Å². The van der Waals surface area contributed by atoms with E-state index in [1.165, 1.54) is 68.9 Å². The predicted octanol–water partition coefficient (Wildman–Crippen LogP) is 7.07. The Hall–Kier alpha value is -1.35. The van der Waals surface area contributed by atoms with E-state index in [0.29, 0.717) is 0 Å². The Morgan fingerprint density at radius 2 is 1.35 bits per heavy atom. The van der Waals surface area contributed by atoms with Crippen LogP contribution in [0.25, 0.3) is 11.4 Å². The third-order valence-electron chi connectivity index (χ3n) is 4.90. The van der Waals surface area contributed by atoms with E-state index in [0.717, 1.165) is 29.1 Å². The van der Waals surface area contributed by atoms with Crippen molar-refractivity contribution in [3.63, 3.8) is 0 Å². The SMILES string of the molecule is CCCCCCCCCc1cnc(-c2ccc(CCCC)cc2S)nc1. The molecule has 0 N–H and O–H groups in total. The molecular formula is C23H34N2S. The van der Waals surface area contributed by atoms with Gasteiger partial charge in [0.25, 0.3) is 0 Å². The molecule has 0 amide bonds. The van der Waals surface area contributed by atoms with Gasteiger partial charge < -0.3 is 0 Å². The molecule has 1 heterocycles. The fourth-order valence-electron chi connectivity index (χ4n) is 3.21. The van der Waals surface area contributed by atoms with Crippen LogP contribution < -0.4 is 0 Å². The van der Waals surface area contributed by atoms with E-state index in [1.54, 1.807) is 0 Å². The van der Waals surface area contributed by atoms with Gasteiger partial charge in [0.15, 0.2) is 5.82 Å². The van der Waals surface area contributed by atoms with E-state index in [4.69, 9.17) is 0 Å². The number of nitrogens with zero attached hydrogens (tertiary/aromatic N) is 2. The van der Waals surface area contributed by atoms with Crippen molar-refractivity contribution in [1.82, 2.24) is 9.97 Å². The van der Waals surface area contributed by atoms with Gasteiger partial charge in [0.1, 0.15) is 0 Å². The summed E-state index contributed by atoms with van der Waals surface area (Å²) < 4.78 is 0. The number of benzene rings is 1. The molecular weight excluding hydrogens is 336 g/mol. The highest BCUT2D eigenvalue weighted by molar-refractivity contribution is 7.80. The van der Waals surface area contributed by atoms with Gasteiger partial charge in [-0.05, 0) is 48.9 Å². The highest BCUT2D eigenvalue weighted by Gasteiger charge is 2.07. The molecule has 2 rings (SSSR count). The Kier molecular flexibility index (Phi) is 9.76. The average molecular weight is 371 g/mol. The molecule has 3 heteroatoms. The van der Waals surface area contributed by atoms with Crippen LogP contribution in [0.4, 0.5) is 0 Å². The average Bonchev–Trinajstić information content (AvgIpc) is 2.66. The minimum absolute atomic E-state index is 0.778. The third kappa shape index (κ3) is 7.11. The zero-order valence-corrected chi connectivity index (χ0v) is 17.4. The summed E-state index contributed by atoms with van der Waals surface area (Å²) in [6.45, 7) is 4.49. The second-order valence-electron chi connectivity index (χ2n) is 7.24. The zero-order valence-electron chi connectivity index (χ0n) is 16.5. The summed E-state index contributed by atoms with van der Waals surface area (Å²) >= 11 is 4.65. The van der Waals surface area contributed by atoms with Crippen molar-refractivity contribution in [2.45, 2.75) is 89.4 Å². The normalized spacial score (nSPS) is 11.0. The summed E-state index contributed by atoms with van der Waals surface area (Å²) in [5.41, 5.74) is 3.61. The van der Waals surface area contributed by atoms with E-state index >= 15 is 0 Å². The number of thiol groups is 1. The summed E-state index contributed by atoms with van der Waals surface area (Å²) in [7, 11) is 0. The van der Waals surface area contributed by atoms with Gasteiger partial charge in [0.05, 0.1) is 0 Å². The molecule has 0 spiro atoms. The lowest BCUT2D eigenvalue weighted by Gasteiger charge is -2.08. The van der Waals surface area contributed by atoms with Crippen molar-refractivity contribution in [3.8, 4) is 11.4 Å². The molecule has 0 fully saturated rings. The number of hydrogen-bond donors (Lipinski definition) is 1. The number of rotatable bonds is 12. The number of hydrogen-bond acceptors (Lipinski definition) is 3. The maximum absolute atomic E-state index is 4.65. The number of unbranched alkanes of at least 4 members (excludes halogenated alkanes) is 7. The molecule has 2 nitrogen and oxygen atoms in total. The van der Waals surface area contributed by atoms with Crippen molar-refractivity contribution >= 4 is 12.6 Å². The molecule has 0 radical (unpaired) electrons. The topological polar surface area (TPSA) is 25.8 Å². The Balaban J connectivity index is 1.83. The molecule has 0 saturated carbocycles. The molecule has 0 unspecified atom stereocenters. The fourth-order valence-corrected chi connectivity index (χ4v) is 3.55. The van der Waals surface area contributed by atoms with Crippen LogP contribution in [0.15, 0.2) is 35.5 Å². The van der Waals surface area contributed by atoms with Crippen molar-refractivity contribution < 1.29 is 0 Å². The fraction of sp³-hybridized carbons (Fsp3) is 0.565. The largest absolute Gasteiger partial charge is 0.236 e. The first-order chi connectivity index (χ1) is 12.7. The van der Waals surface area contributed by atoms with E-state index in [1.807, 2.05) is 12.4 Å². The van der Waals surface area contributed by atoms with Crippen molar-refractivity contribution in [2.24, 2.45) is 0 Å². The van der Waals surface area contributed by atoms with Crippen LogP contribution in [0.3, 0.4) is 0 Å². The lowest BCUT2D eigenvalue weighted by molar-refractivity contribution is 0.589. The predicted molar refractivity (Wildman–Crippen MR) is 115 cm³/mol. The molecule has 1 aromatic heterocycles.